The number of hydrogen-bond donors (Lipinski definition) is 0. The second-order valence-electron chi connectivity index (χ2n) is 9.71. The van der Waals surface area contributed by atoms with Crippen molar-refractivity contribution in [1.82, 2.24) is 29.4 Å². The summed E-state index contributed by atoms with van der Waals surface area (Å²) < 4.78 is 41.7. The fraction of sp³-hybridized carbons (Fsp3) is 0.370. The number of rotatable bonds is 8. The third kappa shape index (κ3) is 5.54. The number of pyridine rings is 1. The highest BCUT2D eigenvalue weighted by molar-refractivity contribution is 6.30. The number of nitriles is 1. The molecule has 0 saturated carbocycles. The van der Waals surface area contributed by atoms with E-state index in [-0.39, 0.29) is 29.2 Å². The molecule has 1 atom stereocenters. The molecule has 1 aromatic carbocycles. The Hall–Kier alpha value is -3.92. The van der Waals surface area contributed by atoms with E-state index in [1.807, 2.05) is 4.90 Å². The van der Waals surface area contributed by atoms with Gasteiger partial charge in [-0.1, -0.05) is 17.7 Å². The first-order valence-corrected chi connectivity index (χ1v) is 13.3. The molecule has 4 aromatic rings. The van der Waals surface area contributed by atoms with Crippen molar-refractivity contribution in [2.45, 2.75) is 32.2 Å². The van der Waals surface area contributed by atoms with Crippen molar-refractivity contribution in [2.75, 3.05) is 37.7 Å². The van der Waals surface area contributed by atoms with Crippen molar-refractivity contribution in [2.24, 2.45) is 0 Å². The summed E-state index contributed by atoms with van der Waals surface area (Å²) in [5.41, 5.74) is 2.15. The Labute approximate surface area is 233 Å². The molecule has 5 heterocycles. The van der Waals surface area contributed by atoms with Crippen LogP contribution in [0.3, 0.4) is 0 Å². The fourth-order valence-corrected chi connectivity index (χ4v) is 4.91. The van der Waals surface area contributed by atoms with Crippen LogP contribution in [0.15, 0.2) is 36.7 Å². The molecule has 2 saturated heterocycles. The Kier molecular flexibility index (Phi) is 7.42. The lowest BCUT2D eigenvalue weighted by molar-refractivity contribution is -0.0592. The van der Waals surface area contributed by atoms with Gasteiger partial charge in [-0.15, -0.1) is 0 Å². The molecule has 40 heavy (non-hydrogen) atoms. The number of anilines is 1. The molecule has 10 nitrogen and oxygen atoms in total. The van der Waals surface area contributed by atoms with Crippen LogP contribution in [0, 0.1) is 23.0 Å². The van der Waals surface area contributed by atoms with Crippen LogP contribution >= 0.6 is 11.6 Å². The monoisotopic (exact) mass is 566 g/mol. The lowest BCUT2D eigenvalue weighted by Crippen LogP contribution is -2.47. The highest BCUT2D eigenvalue weighted by Crippen LogP contribution is 2.24. The number of hydrogen-bond acceptors (Lipinski definition) is 9. The third-order valence-electron chi connectivity index (χ3n) is 7.07. The summed E-state index contributed by atoms with van der Waals surface area (Å²) in [5, 5.41) is 9.53. The van der Waals surface area contributed by atoms with E-state index in [4.69, 9.17) is 26.1 Å². The van der Waals surface area contributed by atoms with E-state index in [2.05, 4.69) is 30.5 Å². The minimum absolute atomic E-state index is 0.133. The van der Waals surface area contributed by atoms with E-state index in [0.29, 0.717) is 56.3 Å². The number of fused-ring (bicyclic) bond motifs is 1. The Morgan fingerprint density at radius 3 is 2.62 bits per heavy atom. The SMILES string of the molecule is N#Cc1cnc2c(c1)nc(CN1CCN(c3ncc(F)c(OCc4ccc(Cl)cc4F)n3)CC1)n2C[C@@H]1CCO1. The van der Waals surface area contributed by atoms with Gasteiger partial charge >= 0.3 is 0 Å². The Balaban J connectivity index is 1.12. The summed E-state index contributed by atoms with van der Waals surface area (Å²) in [5.74, 6) is -0.287. The first kappa shape index (κ1) is 26.3. The smallest absolute Gasteiger partial charge is 0.255 e. The zero-order valence-corrected chi connectivity index (χ0v) is 22.2. The van der Waals surface area contributed by atoms with E-state index in [9.17, 15) is 14.0 Å². The molecule has 3 aromatic heterocycles. The minimum Gasteiger partial charge on any atom is -0.470 e. The van der Waals surface area contributed by atoms with Gasteiger partial charge in [0.1, 0.15) is 29.8 Å². The predicted octanol–water partition coefficient (Wildman–Crippen LogP) is 3.71. The van der Waals surface area contributed by atoms with E-state index >= 15 is 0 Å². The van der Waals surface area contributed by atoms with E-state index in [1.54, 1.807) is 18.3 Å². The molecule has 0 bridgehead atoms. The standard InChI is InChI=1S/C27H25ClF2N8O2/c28-19-2-1-18(21(29)10-19)16-40-26-22(30)13-33-27(35-26)37-6-4-36(5-7-37)15-24-34-23-9-17(11-31)12-32-25(23)38(24)14-20-3-8-39-20/h1-2,9-10,12-13,20H,3-8,14-16H2/t20-/m0/s1. The molecular weight excluding hydrogens is 542 g/mol. The average Bonchev–Trinajstić information content (AvgIpc) is 3.27. The second kappa shape index (κ2) is 11.3. The van der Waals surface area contributed by atoms with Gasteiger partial charge in [-0.2, -0.15) is 14.6 Å². The minimum atomic E-state index is -0.723. The number of benzene rings is 1. The maximum absolute atomic E-state index is 14.4. The molecule has 2 fully saturated rings. The molecule has 206 valence electrons. The van der Waals surface area contributed by atoms with Crippen LogP contribution in [0.2, 0.25) is 5.02 Å². The number of aromatic nitrogens is 5. The largest absolute Gasteiger partial charge is 0.470 e. The van der Waals surface area contributed by atoms with Gasteiger partial charge < -0.3 is 18.9 Å². The molecule has 0 amide bonds. The third-order valence-corrected chi connectivity index (χ3v) is 7.31. The van der Waals surface area contributed by atoms with Crippen LogP contribution in [0.25, 0.3) is 11.2 Å². The molecule has 0 spiro atoms. The molecule has 13 heteroatoms. The molecule has 2 aliphatic heterocycles. The Morgan fingerprint density at radius 1 is 1.07 bits per heavy atom. The van der Waals surface area contributed by atoms with Crippen LogP contribution in [0.4, 0.5) is 14.7 Å². The maximum atomic E-state index is 14.4. The fourth-order valence-electron chi connectivity index (χ4n) is 4.75. The lowest BCUT2D eigenvalue weighted by Gasteiger charge is -2.34. The summed E-state index contributed by atoms with van der Waals surface area (Å²) in [4.78, 5) is 21.9. The molecule has 6 rings (SSSR count). The van der Waals surface area contributed by atoms with E-state index < -0.39 is 11.6 Å². The number of halogens is 3. The Bertz CT molecular complexity index is 1580. The summed E-state index contributed by atoms with van der Waals surface area (Å²) in [6.45, 7) is 4.46. The van der Waals surface area contributed by atoms with Crippen LogP contribution in [0.5, 0.6) is 5.88 Å². The molecule has 0 radical (unpaired) electrons. The van der Waals surface area contributed by atoms with Crippen molar-refractivity contribution in [1.29, 1.82) is 5.26 Å². The predicted molar refractivity (Wildman–Crippen MR) is 142 cm³/mol. The topological polar surface area (TPSA) is 105 Å². The number of nitrogens with zero attached hydrogens (tertiary/aromatic N) is 8. The second-order valence-corrected chi connectivity index (χ2v) is 10.1. The van der Waals surface area contributed by atoms with Gasteiger partial charge in [-0.05, 0) is 24.6 Å². The van der Waals surface area contributed by atoms with Gasteiger partial charge in [-0.3, -0.25) is 4.90 Å². The van der Waals surface area contributed by atoms with Gasteiger partial charge in [0.05, 0.1) is 31.0 Å². The summed E-state index contributed by atoms with van der Waals surface area (Å²) >= 11 is 5.79. The Morgan fingerprint density at radius 2 is 1.90 bits per heavy atom. The average molecular weight is 567 g/mol. The maximum Gasteiger partial charge on any atom is 0.255 e. The number of piperazine rings is 1. The highest BCUT2D eigenvalue weighted by Gasteiger charge is 2.26. The lowest BCUT2D eigenvalue weighted by atomic mass is 10.2. The van der Waals surface area contributed by atoms with Crippen molar-refractivity contribution >= 4 is 28.7 Å². The summed E-state index contributed by atoms with van der Waals surface area (Å²) in [6, 6.07) is 8.09. The van der Waals surface area contributed by atoms with Gasteiger partial charge in [-0.25, -0.2) is 19.3 Å². The molecular formula is C27H25ClF2N8O2. The number of ether oxygens (including phenoxy) is 2. The molecule has 2 aliphatic rings. The first-order chi connectivity index (χ1) is 19.5. The molecule has 0 N–H and O–H groups in total. The summed E-state index contributed by atoms with van der Waals surface area (Å²) in [6.07, 6.45) is 3.76. The van der Waals surface area contributed by atoms with Gasteiger partial charge in [0.2, 0.25) is 11.8 Å². The normalized spacial score (nSPS) is 17.6. The van der Waals surface area contributed by atoms with Crippen LogP contribution in [0.1, 0.15) is 23.4 Å². The van der Waals surface area contributed by atoms with Gasteiger partial charge in [0.25, 0.3) is 5.88 Å². The van der Waals surface area contributed by atoms with E-state index in [1.165, 1.54) is 12.1 Å². The van der Waals surface area contributed by atoms with Crippen molar-refractivity contribution in [3.05, 3.63) is 70.3 Å². The van der Waals surface area contributed by atoms with Crippen molar-refractivity contribution in [3.63, 3.8) is 0 Å². The first-order valence-electron chi connectivity index (χ1n) is 12.9. The van der Waals surface area contributed by atoms with Crippen LogP contribution in [-0.2, 0) is 24.4 Å². The summed E-state index contributed by atoms with van der Waals surface area (Å²) in [7, 11) is 0. The quantitative estimate of drug-likeness (QED) is 0.315. The zero-order valence-electron chi connectivity index (χ0n) is 21.4. The van der Waals surface area contributed by atoms with Crippen LogP contribution in [-0.4, -0.2) is 68.3 Å². The molecule has 0 unspecified atom stereocenters. The molecule has 0 aliphatic carbocycles. The van der Waals surface area contributed by atoms with E-state index in [0.717, 1.165) is 30.7 Å². The van der Waals surface area contributed by atoms with Crippen molar-refractivity contribution < 1.29 is 18.3 Å². The van der Waals surface area contributed by atoms with Gasteiger partial charge in [0, 0.05) is 49.6 Å². The van der Waals surface area contributed by atoms with Crippen molar-refractivity contribution in [3.8, 4) is 11.9 Å². The zero-order chi connectivity index (χ0) is 27.6. The highest BCUT2D eigenvalue weighted by atomic mass is 35.5. The number of imidazole rings is 1. The van der Waals surface area contributed by atoms with Crippen LogP contribution < -0.4 is 9.64 Å². The van der Waals surface area contributed by atoms with Gasteiger partial charge in [0.15, 0.2) is 5.65 Å².